The van der Waals surface area contributed by atoms with Crippen LogP contribution < -0.4 is 0 Å². The van der Waals surface area contributed by atoms with Gasteiger partial charge in [0.05, 0.1) is 10.6 Å². The van der Waals surface area contributed by atoms with Gasteiger partial charge in [0.1, 0.15) is 11.1 Å². The van der Waals surface area contributed by atoms with Gasteiger partial charge in [-0.3, -0.25) is 0 Å². The molecule has 2 aromatic rings. The maximum absolute atomic E-state index is 9.02. The van der Waals surface area contributed by atoms with Gasteiger partial charge in [-0.05, 0) is 30.3 Å². The van der Waals surface area contributed by atoms with Crippen molar-refractivity contribution in [2.45, 2.75) is 9.92 Å². The molecule has 0 spiro atoms. The third kappa shape index (κ3) is 3.01. The first kappa shape index (κ1) is 12.4. The number of rotatable bonds is 2. The molecule has 0 aliphatic heterocycles. The highest BCUT2D eigenvalue weighted by Gasteiger charge is 2.08. The van der Waals surface area contributed by atoms with E-state index in [0.29, 0.717) is 15.6 Å². The molecular formula is C12H6BrClN2S. The highest BCUT2D eigenvalue weighted by Crippen LogP contribution is 2.34. The normalized spacial score (nSPS) is 9.94. The molecule has 2 rings (SSSR count). The van der Waals surface area contributed by atoms with E-state index < -0.39 is 0 Å². The number of benzene rings is 1. The monoisotopic (exact) mass is 324 g/mol. The van der Waals surface area contributed by atoms with Crippen LogP contribution in [0.4, 0.5) is 0 Å². The number of aromatic nitrogens is 1. The van der Waals surface area contributed by atoms with Crippen molar-refractivity contribution in [3.05, 3.63) is 51.6 Å². The van der Waals surface area contributed by atoms with Crippen LogP contribution in [0.2, 0.25) is 5.02 Å². The number of pyridine rings is 1. The third-order valence-corrected chi connectivity index (χ3v) is 3.98. The summed E-state index contributed by atoms with van der Waals surface area (Å²) in [7, 11) is 0. The lowest BCUT2D eigenvalue weighted by molar-refractivity contribution is 1.13. The average molecular weight is 326 g/mol. The van der Waals surface area contributed by atoms with E-state index in [4.69, 9.17) is 16.9 Å². The van der Waals surface area contributed by atoms with Gasteiger partial charge >= 0.3 is 0 Å². The molecule has 2 nitrogen and oxygen atoms in total. The number of halogens is 2. The van der Waals surface area contributed by atoms with E-state index in [1.54, 1.807) is 24.4 Å². The molecule has 0 aliphatic rings. The smallest absolute Gasteiger partial charge is 0.119 e. The van der Waals surface area contributed by atoms with Crippen LogP contribution in [0.5, 0.6) is 0 Å². The molecule has 1 heterocycles. The maximum Gasteiger partial charge on any atom is 0.119 e. The van der Waals surface area contributed by atoms with E-state index in [1.165, 1.54) is 11.8 Å². The molecule has 0 amide bonds. The molecule has 0 atom stereocenters. The Kier molecular flexibility index (Phi) is 4.06. The van der Waals surface area contributed by atoms with Gasteiger partial charge in [0, 0.05) is 15.6 Å². The minimum absolute atomic E-state index is 0.585. The van der Waals surface area contributed by atoms with Gasteiger partial charge in [-0.1, -0.05) is 39.3 Å². The summed E-state index contributed by atoms with van der Waals surface area (Å²) in [5.41, 5.74) is 0.611. The molecule has 1 aromatic carbocycles. The lowest BCUT2D eigenvalue weighted by Crippen LogP contribution is -1.84. The summed E-state index contributed by atoms with van der Waals surface area (Å²) in [6.45, 7) is 0. The molecule has 84 valence electrons. The van der Waals surface area contributed by atoms with Crippen molar-refractivity contribution >= 4 is 39.3 Å². The predicted octanol–water partition coefficient (Wildman–Crippen LogP) is 4.52. The molecule has 0 fully saturated rings. The first-order valence-electron chi connectivity index (χ1n) is 4.69. The molecule has 0 aliphatic carbocycles. The predicted molar refractivity (Wildman–Crippen MR) is 72.2 cm³/mol. The van der Waals surface area contributed by atoms with Crippen LogP contribution in [0.25, 0.3) is 0 Å². The van der Waals surface area contributed by atoms with E-state index in [-0.39, 0.29) is 0 Å². The van der Waals surface area contributed by atoms with Gasteiger partial charge in [-0.25, -0.2) is 4.98 Å². The van der Waals surface area contributed by atoms with Crippen molar-refractivity contribution in [1.29, 1.82) is 5.26 Å². The van der Waals surface area contributed by atoms with Gasteiger partial charge in [0.25, 0.3) is 0 Å². The highest BCUT2D eigenvalue weighted by molar-refractivity contribution is 9.10. The Labute approximate surface area is 117 Å². The largest absolute Gasteiger partial charge is 0.248 e. The minimum Gasteiger partial charge on any atom is -0.248 e. The molecule has 17 heavy (non-hydrogen) atoms. The molecule has 5 heteroatoms. The number of hydrogen-bond donors (Lipinski definition) is 0. The molecule has 0 unspecified atom stereocenters. The lowest BCUT2D eigenvalue weighted by atomic mass is 10.2. The fourth-order valence-corrected chi connectivity index (χ4v) is 2.87. The van der Waals surface area contributed by atoms with Crippen molar-refractivity contribution in [2.24, 2.45) is 0 Å². The van der Waals surface area contributed by atoms with Crippen LogP contribution >= 0.6 is 39.3 Å². The molecule has 0 saturated carbocycles. The molecule has 0 bridgehead atoms. The van der Waals surface area contributed by atoms with E-state index in [2.05, 4.69) is 27.0 Å². The Bertz CT molecular complexity index is 595. The van der Waals surface area contributed by atoms with Crippen molar-refractivity contribution in [3.8, 4) is 6.07 Å². The quantitative estimate of drug-likeness (QED) is 0.814. The fraction of sp³-hybridized carbons (Fsp3) is 0. The van der Waals surface area contributed by atoms with Crippen LogP contribution in [0.1, 0.15) is 5.56 Å². The van der Waals surface area contributed by atoms with E-state index >= 15 is 0 Å². The fourth-order valence-electron chi connectivity index (χ4n) is 1.22. The van der Waals surface area contributed by atoms with Crippen LogP contribution in [-0.4, -0.2) is 4.98 Å². The Morgan fingerprint density at radius 1 is 1.35 bits per heavy atom. The number of hydrogen-bond acceptors (Lipinski definition) is 3. The van der Waals surface area contributed by atoms with Gasteiger partial charge in [-0.2, -0.15) is 5.26 Å². The van der Waals surface area contributed by atoms with Crippen LogP contribution in [0, 0.1) is 11.3 Å². The standard InChI is InChI=1S/C12H6BrClN2S/c13-9-4-3-8(7-15)11(6-9)17-12-10(14)2-1-5-16-12/h1-6H. The Hall–Kier alpha value is -1.02. The van der Waals surface area contributed by atoms with Crippen LogP contribution in [0.15, 0.2) is 50.9 Å². The second-order valence-corrected chi connectivity index (χ2v) is 5.50. The van der Waals surface area contributed by atoms with E-state index in [1.807, 2.05) is 12.1 Å². The Morgan fingerprint density at radius 3 is 2.88 bits per heavy atom. The topological polar surface area (TPSA) is 36.7 Å². The SMILES string of the molecule is N#Cc1ccc(Br)cc1Sc1ncccc1Cl. The van der Waals surface area contributed by atoms with Crippen molar-refractivity contribution in [3.63, 3.8) is 0 Å². The van der Waals surface area contributed by atoms with Crippen molar-refractivity contribution in [2.75, 3.05) is 0 Å². The molecule has 1 aromatic heterocycles. The lowest BCUT2D eigenvalue weighted by Gasteiger charge is -2.05. The summed E-state index contributed by atoms with van der Waals surface area (Å²) in [5.74, 6) is 0. The second-order valence-electron chi connectivity index (χ2n) is 3.14. The van der Waals surface area contributed by atoms with Crippen LogP contribution in [-0.2, 0) is 0 Å². The Morgan fingerprint density at radius 2 is 2.18 bits per heavy atom. The number of nitriles is 1. The summed E-state index contributed by atoms with van der Waals surface area (Å²) >= 11 is 10.8. The van der Waals surface area contributed by atoms with E-state index in [9.17, 15) is 0 Å². The Balaban J connectivity index is 2.40. The molecular weight excluding hydrogens is 320 g/mol. The highest BCUT2D eigenvalue weighted by atomic mass is 79.9. The van der Waals surface area contributed by atoms with E-state index in [0.717, 1.165) is 9.37 Å². The molecule has 0 saturated heterocycles. The zero-order chi connectivity index (χ0) is 12.3. The first-order valence-corrected chi connectivity index (χ1v) is 6.67. The summed E-state index contributed by atoms with van der Waals surface area (Å²) in [6.07, 6.45) is 1.68. The third-order valence-electron chi connectivity index (χ3n) is 2.00. The van der Waals surface area contributed by atoms with Crippen molar-refractivity contribution < 1.29 is 0 Å². The zero-order valence-electron chi connectivity index (χ0n) is 8.52. The average Bonchev–Trinajstić information content (AvgIpc) is 2.32. The van der Waals surface area contributed by atoms with Gasteiger partial charge in [0.15, 0.2) is 0 Å². The van der Waals surface area contributed by atoms with Gasteiger partial charge in [-0.15, -0.1) is 0 Å². The molecule has 0 N–H and O–H groups in total. The van der Waals surface area contributed by atoms with Gasteiger partial charge in [0.2, 0.25) is 0 Å². The van der Waals surface area contributed by atoms with Crippen LogP contribution in [0.3, 0.4) is 0 Å². The first-order chi connectivity index (χ1) is 8.20. The minimum atomic E-state index is 0.585. The number of nitrogens with zero attached hydrogens (tertiary/aromatic N) is 2. The summed E-state index contributed by atoms with van der Waals surface area (Å²) in [5, 5.41) is 10.3. The summed E-state index contributed by atoms with van der Waals surface area (Å²) in [4.78, 5) is 5.02. The maximum atomic E-state index is 9.02. The van der Waals surface area contributed by atoms with Gasteiger partial charge < -0.3 is 0 Å². The summed E-state index contributed by atoms with van der Waals surface area (Å²) in [6, 6.07) is 11.2. The van der Waals surface area contributed by atoms with Crippen molar-refractivity contribution in [1.82, 2.24) is 4.98 Å². The zero-order valence-corrected chi connectivity index (χ0v) is 11.7. The molecule has 0 radical (unpaired) electrons. The second kappa shape index (κ2) is 5.54. The summed E-state index contributed by atoms with van der Waals surface area (Å²) < 4.78 is 0.922.